The SMILES string of the molecule is CCOc1ccc(NCc2cnn(CCO)c2)cc1. The van der Waals surface area contributed by atoms with E-state index in [1.165, 1.54) is 0 Å². The second-order valence-electron chi connectivity index (χ2n) is 4.15. The van der Waals surface area contributed by atoms with Crippen molar-refractivity contribution in [3.05, 3.63) is 42.2 Å². The average molecular weight is 261 g/mol. The van der Waals surface area contributed by atoms with Gasteiger partial charge in [0.15, 0.2) is 0 Å². The van der Waals surface area contributed by atoms with Gasteiger partial charge in [-0.05, 0) is 31.2 Å². The van der Waals surface area contributed by atoms with Gasteiger partial charge in [-0.3, -0.25) is 4.68 Å². The maximum atomic E-state index is 8.82. The molecule has 2 aromatic rings. The molecule has 0 aliphatic carbocycles. The Morgan fingerprint density at radius 3 is 2.79 bits per heavy atom. The molecular weight excluding hydrogens is 242 g/mol. The lowest BCUT2D eigenvalue weighted by Gasteiger charge is -2.06. The van der Waals surface area contributed by atoms with E-state index in [0.29, 0.717) is 19.7 Å². The van der Waals surface area contributed by atoms with E-state index >= 15 is 0 Å². The Kier molecular flexibility index (Phi) is 4.80. The normalized spacial score (nSPS) is 10.4. The number of rotatable bonds is 7. The van der Waals surface area contributed by atoms with Gasteiger partial charge < -0.3 is 15.2 Å². The topological polar surface area (TPSA) is 59.3 Å². The fourth-order valence-corrected chi connectivity index (χ4v) is 1.76. The van der Waals surface area contributed by atoms with Gasteiger partial charge in [0, 0.05) is 24.0 Å². The van der Waals surface area contributed by atoms with Gasteiger partial charge in [0.1, 0.15) is 5.75 Å². The molecular formula is C14H19N3O2. The lowest BCUT2D eigenvalue weighted by atomic mass is 10.3. The van der Waals surface area contributed by atoms with E-state index in [1.54, 1.807) is 10.9 Å². The van der Waals surface area contributed by atoms with Crippen molar-refractivity contribution in [1.29, 1.82) is 0 Å². The standard InChI is InChI=1S/C14H19N3O2/c1-2-19-14-5-3-13(4-6-14)15-9-12-10-16-17(11-12)7-8-18/h3-6,10-11,15,18H,2,7-9H2,1H3. The van der Waals surface area contributed by atoms with E-state index in [1.807, 2.05) is 37.4 Å². The van der Waals surface area contributed by atoms with Crippen LogP contribution in [-0.2, 0) is 13.1 Å². The van der Waals surface area contributed by atoms with E-state index in [2.05, 4.69) is 10.4 Å². The number of anilines is 1. The molecule has 1 aromatic heterocycles. The third kappa shape index (κ3) is 3.99. The van der Waals surface area contributed by atoms with Crippen LogP contribution in [0, 0.1) is 0 Å². The molecule has 0 aliphatic rings. The van der Waals surface area contributed by atoms with Crippen LogP contribution in [0.25, 0.3) is 0 Å². The summed E-state index contributed by atoms with van der Waals surface area (Å²) in [5, 5.41) is 16.3. The predicted octanol–water partition coefficient (Wildman–Crippen LogP) is 1.89. The smallest absolute Gasteiger partial charge is 0.119 e. The molecule has 0 radical (unpaired) electrons. The van der Waals surface area contributed by atoms with Crippen LogP contribution in [0.1, 0.15) is 12.5 Å². The van der Waals surface area contributed by atoms with Crippen molar-refractivity contribution in [2.75, 3.05) is 18.5 Å². The number of nitrogens with one attached hydrogen (secondary N) is 1. The number of hydrogen-bond acceptors (Lipinski definition) is 4. The highest BCUT2D eigenvalue weighted by Crippen LogP contribution is 2.16. The van der Waals surface area contributed by atoms with E-state index in [-0.39, 0.29) is 6.61 Å². The number of hydrogen-bond donors (Lipinski definition) is 2. The maximum Gasteiger partial charge on any atom is 0.119 e. The quantitative estimate of drug-likeness (QED) is 0.799. The van der Waals surface area contributed by atoms with Gasteiger partial charge in [-0.1, -0.05) is 0 Å². The lowest BCUT2D eigenvalue weighted by Crippen LogP contribution is -2.02. The fourth-order valence-electron chi connectivity index (χ4n) is 1.76. The molecule has 0 unspecified atom stereocenters. The van der Waals surface area contributed by atoms with Crippen LogP contribution in [-0.4, -0.2) is 28.1 Å². The summed E-state index contributed by atoms with van der Waals surface area (Å²) in [6.45, 7) is 3.99. The zero-order chi connectivity index (χ0) is 13.5. The van der Waals surface area contributed by atoms with Crippen LogP contribution in [0.5, 0.6) is 5.75 Å². The minimum absolute atomic E-state index is 0.105. The molecule has 5 nitrogen and oxygen atoms in total. The molecule has 0 atom stereocenters. The summed E-state index contributed by atoms with van der Waals surface area (Å²) in [7, 11) is 0. The highest BCUT2D eigenvalue weighted by atomic mass is 16.5. The number of benzene rings is 1. The van der Waals surface area contributed by atoms with Crippen LogP contribution in [0.4, 0.5) is 5.69 Å². The monoisotopic (exact) mass is 261 g/mol. The molecule has 0 amide bonds. The minimum atomic E-state index is 0.105. The van der Waals surface area contributed by atoms with E-state index < -0.39 is 0 Å². The Balaban J connectivity index is 1.86. The van der Waals surface area contributed by atoms with Crippen molar-refractivity contribution >= 4 is 5.69 Å². The van der Waals surface area contributed by atoms with Crippen molar-refractivity contribution in [2.45, 2.75) is 20.0 Å². The largest absolute Gasteiger partial charge is 0.494 e. The number of aliphatic hydroxyl groups is 1. The third-order valence-electron chi connectivity index (χ3n) is 2.68. The second-order valence-corrected chi connectivity index (χ2v) is 4.15. The van der Waals surface area contributed by atoms with E-state index in [0.717, 1.165) is 17.0 Å². The Morgan fingerprint density at radius 1 is 1.32 bits per heavy atom. The molecule has 5 heteroatoms. The Hall–Kier alpha value is -2.01. The Labute approximate surface area is 112 Å². The van der Waals surface area contributed by atoms with Crippen molar-refractivity contribution in [3.63, 3.8) is 0 Å². The van der Waals surface area contributed by atoms with Gasteiger partial charge in [-0.15, -0.1) is 0 Å². The molecule has 0 saturated heterocycles. The van der Waals surface area contributed by atoms with Gasteiger partial charge >= 0.3 is 0 Å². The molecule has 2 rings (SSSR count). The van der Waals surface area contributed by atoms with Crippen molar-refractivity contribution in [2.24, 2.45) is 0 Å². The number of ether oxygens (including phenoxy) is 1. The van der Waals surface area contributed by atoms with Gasteiger partial charge in [0.25, 0.3) is 0 Å². The summed E-state index contributed by atoms with van der Waals surface area (Å²) in [5.74, 6) is 0.879. The molecule has 0 fully saturated rings. The minimum Gasteiger partial charge on any atom is -0.494 e. The van der Waals surface area contributed by atoms with Crippen LogP contribution >= 0.6 is 0 Å². The van der Waals surface area contributed by atoms with Crippen LogP contribution in [0.3, 0.4) is 0 Å². The summed E-state index contributed by atoms with van der Waals surface area (Å²) in [6, 6.07) is 7.87. The first-order valence-electron chi connectivity index (χ1n) is 6.40. The van der Waals surface area contributed by atoms with Crippen molar-refractivity contribution in [1.82, 2.24) is 9.78 Å². The first-order valence-corrected chi connectivity index (χ1v) is 6.40. The van der Waals surface area contributed by atoms with Gasteiger partial charge in [-0.2, -0.15) is 5.10 Å². The number of aromatic nitrogens is 2. The second kappa shape index (κ2) is 6.80. The summed E-state index contributed by atoms with van der Waals surface area (Å²) in [5.41, 5.74) is 2.13. The number of aliphatic hydroxyl groups excluding tert-OH is 1. The lowest BCUT2D eigenvalue weighted by molar-refractivity contribution is 0.269. The molecule has 19 heavy (non-hydrogen) atoms. The van der Waals surface area contributed by atoms with Gasteiger partial charge in [0.05, 0.1) is 26.0 Å². The zero-order valence-electron chi connectivity index (χ0n) is 11.0. The molecule has 0 bridgehead atoms. The van der Waals surface area contributed by atoms with Crippen LogP contribution in [0.15, 0.2) is 36.7 Å². The molecule has 1 heterocycles. The van der Waals surface area contributed by atoms with E-state index in [4.69, 9.17) is 9.84 Å². The average Bonchev–Trinajstić information content (AvgIpc) is 2.87. The zero-order valence-corrected chi connectivity index (χ0v) is 11.0. The highest BCUT2D eigenvalue weighted by molar-refractivity contribution is 5.46. The summed E-state index contributed by atoms with van der Waals surface area (Å²) in [4.78, 5) is 0. The summed E-state index contributed by atoms with van der Waals surface area (Å²) >= 11 is 0. The first kappa shape index (κ1) is 13.4. The Morgan fingerprint density at radius 2 is 2.11 bits per heavy atom. The summed E-state index contributed by atoms with van der Waals surface area (Å²) in [6.07, 6.45) is 3.73. The molecule has 2 N–H and O–H groups in total. The summed E-state index contributed by atoms with van der Waals surface area (Å²) < 4.78 is 7.12. The highest BCUT2D eigenvalue weighted by Gasteiger charge is 1.99. The fraction of sp³-hybridized carbons (Fsp3) is 0.357. The molecule has 102 valence electrons. The van der Waals surface area contributed by atoms with Crippen LogP contribution in [0.2, 0.25) is 0 Å². The van der Waals surface area contributed by atoms with Crippen molar-refractivity contribution < 1.29 is 9.84 Å². The van der Waals surface area contributed by atoms with Gasteiger partial charge in [0.2, 0.25) is 0 Å². The third-order valence-corrected chi connectivity index (χ3v) is 2.68. The van der Waals surface area contributed by atoms with Crippen molar-refractivity contribution in [3.8, 4) is 5.75 Å². The predicted molar refractivity (Wildman–Crippen MR) is 74.3 cm³/mol. The molecule has 0 aliphatic heterocycles. The molecule has 1 aromatic carbocycles. The van der Waals surface area contributed by atoms with Gasteiger partial charge in [-0.25, -0.2) is 0 Å². The molecule has 0 saturated carbocycles. The maximum absolute atomic E-state index is 8.82. The number of nitrogens with zero attached hydrogens (tertiary/aromatic N) is 2. The first-order chi connectivity index (χ1) is 9.31. The van der Waals surface area contributed by atoms with E-state index in [9.17, 15) is 0 Å². The Bertz CT molecular complexity index is 494. The molecule has 0 spiro atoms. The van der Waals surface area contributed by atoms with Crippen LogP contribution < -0.4 is 10.1 Å².